The maximum absolute atomic E-state index is 11.0. The minimum Gasteiger partial charge on any atom is -0.298 e. The first kappa shape index (κ1) is 23.9. The molecule has 0 amide bonds. The Morgan fingerprint density at radius 3 is 2.56 bits per heavy atom. The highest BCUT2D eigenvalue weighted by atomic mass is 32.1. The number of aldehydes is 1. The molecule has 0 unspecified atom stereocenters. The summed E-state index contributed by atoms with van der Waals surface area (Å²) in [6.07, 6.45) is 4.46. The molecule has 0 spiro atoms. The third-order valence-corrected chi connectivity index (χ3v) is 7.76. The summed E-state index contributed by atoms with van der Waals surface area (Å²) in [5.74, 6) is 1.43. The van der Waals surface area contributed by atoms with Crippen molar-refractivity contribution in [3.8, 4) is 10.7 Å². The van der Waals surface area contributed by atoms with Crippen molar-refractivity contribution in [2.75, 3.05) is 12.5 Å². The van der Waals surface area contributed by atoms with Crippen LogP contribution in [0, 0.1) is 6.92 Å². The summed E-state index contributed by atoms with van der Waals surface area (Å²) in [5, 5.41) is 4.83. The van der Waals surface area contributed by atoms with Gasteiger partial charge in [-0.1, -0.05) is 43.8 Å². The number of benzene rings is 1. The van der Waals surface area contributed by atoms with E-state index in [2.05, 4.69) is 50.1 Å². The second-order valence-corrected chi connectivity index (χ2v) is 10.3. The van der Waals surface area contributed by atoms with Gasteiger partial charge in [0, 0.05) is 18.3 Å². The molecule has 5 nitrogen and oxygen atoms in total. The molecular weight excluding hydrogens is 460 g/mol. The molecule has 0 bridgehead atoms. The standard InChI is InChI=1S/C27H28N4OS2/c1-6-20-9-11-21(12-10-20)15-23-19(4)24-26(30-31(5)18(3)14-17(2)16-32)28-25(29-27(24)34-23)22-8-7-13-33-22/h7-14,16H,3,6,15H2,1-2,4-5H3,(H,28,29,30)/b17-14-. The average Bonchev–Trinajstić information content (AvgIpc) is 3.48. The number of carbonyl (C=O) groups is 1. The van der Waals surface area contributed by atoms with Gasteiger partial charge in [-0.05, 0) is 60.1 Å². The fraction of sp³-hybridized carbons (Fsp3) is 0.222. The minimum atomic E-state index is 0.605. The number of thiophene rings is 2. The van der Waals surface area contributed by atoms with E-state index < -0.39 is 0 Å². The smallest absolute Gasteiger partial charge is 0.173 e. The van der Waals surface area contributed by atoms with Crippen LogP contribution in [-0.2, 0) is 17.6 Å². The van der Waals surface area contributed by atoms with Crippen LogP contribution >= 0.6 is 22.7 Å². The quantitative estimate of drug-likeness (QED) is 0.122. The Morgan fingerprint density at radius 2 is 1.91 bits per heavy atom. The normalized spacial score (nSPS) is 11.6. The van der Waals surface area contributed by atoms with Gasteiger partial charge in [-0.3, -0.25) is 15.2 Å². The summed E-state index contributed by atoms with van der Waals surface area (Å²) >= 11 is 3.34. The maximum Gasteiger partial charge on any atom is 0.173 e. The van der Waals surface area contributed by atoms with Crippen LogP contribution in [0.15, 0.2) is 65.7 Å². The highest BCUT2D eigenvalue weighted by molar-refractivity contribution is 7.19. The summed E-state index contributed by atoms with van der Waals surface area (Å²) in [6.45, 7) is 10.1. The Hall–Kier alpha value is -3.29. The summed E-state index contributed by atoms with van der Waals surface area (Å²) in [7, 11) is 1.87. The predicted molar refractivity (Wildman–Crippen MR) is 144 cm³/mol. The lowest BCUT2D eigenvalue weighted by Crippen LogP contribution is -2.24. The number of likely N-dealkylation sites (N-methyl/N-ethyl adjacent to an activating group) is 1. The predicted octanol–water partition coefficient (Wildman–Crippen LogP) is 6.80. The Balaban J connectivity index is 1.75. The molecule has 0 saturated heterocycles. The van der Waals surface area contributed by atoms with Crippen molar-refractivity contribution in [1.82, 2.24) is 15.0 Å². The summed E-state index contributed by atoms with van der Waals surface area (Å²) in [6, 6.07) is 12.9. The highest BCUT2D eigenvalue weighted by Crippen LogP contribution is 2.37. The van der Waals surface area contributed by atoms with Crippen molar-refractivity contribution in [3.05, 3.63) is 87.3 Å². The van der Waals surface area contributed by atoms with Crippen LogP contribution in [0.3, 0.4) is 0 Å². The number of rotatable bonds is 9. The van der Waals surface area contributed by atoms with E-state index in [1.165, 1.54) is 21.6 Å². The van der Waals surface area contributed by atoms with Gasteiger partial charge < -0.3 is 0 Å². The van der Waals surface area contributed by atoms with Crippen LogP contribution in [-0.4, -0.2) is 28.3 Å². The molecule has 0 aliphatic rings. The lowest BCUT2D eigenvalue weighted by atomic mass is 10.0. The number of carbonyl (C=O) groups excluding carboxylic acids is 1. The van der Waals surface area contributed by atoms with Gasteiger partial charge in [-0.25, -0.2) is 9.97 Å². The van der Waals surface area contributed by atoms with E-state index in [0.717, 1.165) is 40.0 Å². The molecule has 0 saturated carbocycles. The summed E-state index contributed by atoms with van der Waals surface area (Å²) in [5.41, 5.74) is 8.46. The van der Waals surface area contributed by atoms with Crippen LogP contribution in [0.25, 0.3) is 20.9 Å². The number of nitrogens with zero attached hydrogens (tertiary/aromatic N) is 3. The van der Waals surface area contributed by atoms with E-state index in [1.54, 1.807) is 40.7 Å². The van der Waals surface area contributed by atoms with Gasteiger partial charge in [0.1, 0.15) is 11.1 Å². The van der Waals surface area contributed by atoms with E-state index in [9.17, 15) is 4.79 Å². The Morgan fingerprint density at radius 1 is 1.18 bits per heavy atom. The number of aryl methyl sites for hydroxylation is 2. The second kappa shape index (κ2) is 10.3. The zero-order valence-corrected chi connectivity index (χ0v) is 21.5. The first-order chi connectivity index (χ1) is 16.4. The van der Waals surface area contributed by atoms with Gasteiger partial charge in [0.15, 0.2) is 11.6 Å². The van der Waals surface area contributed by atoms with Gasteiger partial charge in [0.2, 0.25) is 0 Å². The lowest BCUT2D eigenvalue weighted by Gasteiger charge is -2.22. The van der Waals surface area contributed by atoms with E-state index >= 15 is 0 Å². The van der Waals surface area contributed by atoms with E-state index in [0.29, 0.717) is 17.1 Å². The molecule has 0 fully saturated rings. The zero-order valence-electron chi connectivity index (χ0n) is 19.9. The van der Waals surface area contributed by atoms with E-state index in [-0.39, 0.29) is 0 Å². The number of nitrogens with one attached hydrogen (secondary N) is 1. The number of anilines is 1. The third-order valence-electron chi connectivity index (χ3n) is 5.71. The van der Waals surface area contributed by atoms with Crippen molar-refractivity contribution < 1.29 is 4.79 Å². The van der Waals surface area contributed by atoms with Gasteiger partial charge >= 0.3 is 0 Å². The molecule has 7 heteroatoms. The molecule has 0 radical (unpaired) electrons. The average molecular weight is 489 g/mol. The first-order valence-electron chi connectivity index (χ1n) is 11.1. The molecule has 3 heterocycles. The van der Waals surface area contributed by atoms with Crippen molar-refractivity contribution in [2.45, 2.75) is 33.6 Å². The fourth-order valence-corrected chi connectivity index (χ4v) is 5.52. The molecular formula is C27H28N4OS2. The maximum atomic E-state index is 11.0. The molecule has 0 aliphatic carbocycles. The van der Waals surface area contributed by atoms with Crippen molar-refractivity contribution >= 4 is 45.0 Å². The number of allylic oxidation sites excluding steroid dienone is 2. The Labute approximate surface area is 208 Å². The van der Waals surface area contributed by atoms with Crippen LogP contribution in [0.2, 0.25) is 0 Å². The largest absolute Gasteiger partial charge is 0.298 e. The molecule has 4 aromatic rings. The van der Waals surface area contributed by atoms with Crippen LogP contribution in [0.4, 0.5) is 5.82 Å². The molecule has 34 heavy (non-hydrogen) atoms. The first-order valence-corrected chi connectivity index (χ1v) is 12.8. The van der Waals surface area contributed by atoms with Crippen molar-refractivity contribution in [2.24, 2.45) is 0 Å². The van der Waals surface area contributed by atoms with Crippen LogP contribution in [0.1, 0.15) is 35.4 Å². The number of aromatic nitrogens is 2. The fourth-order valence-electron chi connectivity index (χ4n) is 3.65. The van der Waals surface area contributed by atoms with Crippen molar-refractivity contribution in [3.63, 3.8) is 0 Å². The molecule has 0 aliphatic heterocycles. The SMILES string of the molecule is C=C(/C=C(/C)C=O)N(C)Nc1nc(-c2cccs2)nc2sc(Cc3ccc(CC)cc3)c(C)c12. The topological polar surface area (TPSA) is 58.1 Å². The monoisotopic (exact) mass is 488 g/mol. The van der Waals surface area contributed by atoms with E-state index in [4.69, 9.17) is 9.97 Å². The lowest BCUT2D eigenvalue weighted by molar-refractivity contribution is -0.104. The van der Waals surface area contributed by atoms with Crippen LogP contribution in [0.5, 0.6) is 0 Å². The molecule has 3 aromatic heterocycles. The number of hydrogen-bond donors (Lipinski definition) is 1. The van der Waals surface area contributed by atoms with Gasteiger partial charge in [0.25, 0.3) is 0 Å². The second-order valence-electron chi connectivity index (χ2n) is 8.22. The molecule has 1 aromatic carbocycles. The zero-order chi connectivity index (χ0) is 24.2. The summed E-state index contributed by atoms with van der Waals surface area (Å²) < 4.78 is 0. The number of hydrogen-bond acceptors (Lipinski definition) is 7. The van der Waals surface area contributed by atoms with Crippen molar-refractivity contribution in [1.29, 1.82) is 0 Å². The molecule has 1 N–H and O–H groups in total. The third kappa shape index (κ3) is 5.11. The number of hydrazine groups is 1. The highest BCUT2D eigenvalue weighted by Gasteiger charge is 2.19. The number of fused-ring (bicyclic) bond motifs is 1. The molecule has 174 valence electrons. The van der Waals surface area contributed by atoms with E-state index in [1.807, 2.05) is 24.6 Å². The Kier molecular flexibility index (Phi) is 7.24. The van der Waals surface area contributed by atoms with Crippen LogP contribution < -0.4 is 5.43 Å². The van der Waals surface area contributed by atoms with Gasteiger partial charge in [-0.2, -0.15) is 0 Å². The molecule has 4 rings (SSSR count). The minimum absolute atomic E-state index is 0.605. The molecule has 0 atom stereocenters. The Bertz CT molecular complexity index is 1350. The van der Waals surface area contributed by atoms with Gasteiger partial charge in [-0.15, -0.1) is 22.7 Å². The van der Waals surface area contributed by atoms with Gasteiger partial charge in [0.05, 0.1) is 16.0 Å². The summed E-state index contributed by atoms with van der Waals surface area (Å²) in [4.78, 5) is 24.1.